The highest BCUT2D eigenvalue weighted by Crippen LogP contribution is 2.35. The average molecular weight is 266 g/mol. The molecule has 0 unspecified atom stereocenters. The minimum Gasteiger partial charge on any atom is -0.261 e. The second kappa shape index (κ2) is 8.93. The van der Waals surface area contributed by atoms with Crippen molar-refractivity contribution in [1.29, 1.82) is 0 Å². The molecule has 1 aromatic carbocycles. The van der Waals surface area contributed by atoms with Gasteiger partial charge >= 0.3 is 0 Å². The quantitative estimate of drug-likeness (QED) is 0.582. The van der Waals surface area contributed by atoms with Crippen molar-refractivity contribution in [3.8, 4) is 0 Å². The van der Waals surface area contributed by atoms with Crippen molar-refractivity contribution >= 4 is 29.1 Å². The van der Waals surface area contributed by atoms with Gasteiger partial charge in [0.25, 0.3) is 0 Å². The highest BCUT2D eigenvalue weighted by molar-refractivity contribution is 6.32. The van der Waals surface area contributed by atoms with E-state index in [0.29, 0.717) is 5.92 Å². The fourth-order valence-electron chi connectivity index (χ4n) is 1.37. The summed E-state index contributed by atoms with van der Waals surface area (Å²) in [5.41, 5.74) is 2.89. The van der Waals surface area contributed by atoms with Gasteiger partial charge < -0.3 is 0 Å². The summed E-state index contributed by atoms with van der Waals surface area (Å²) < 4.78 is 0. The molecule has 0 bridgehead atoms. The van der Waals surface area contributed by atoms with E-state index >= 15 is 0 Å². The van der Waals surface area contributed by atoms with Crippen molar-refractivity contribution in [3.05, 3.63) is 35.4 Å². The smallest absolute Gasteiger partial charge is 0.0715 e. The summed E-state index contributed by atoms with van der Waals surface area (Å²) in [4.78, 5) is 4.30. The van der Waals surface area contributed by atoms with Gasteiger partial charge in [-0.3, -0.25) is 4.99 Å². The molecule has 0 atom stereocenters. The van der Waals surface area contributed by atoms with Crippen LogP contribution in [0.15, 0.2) is 29.8 Å². The first-order valence-corrected chi connectivity index (χ1v) is 6.83. The lowest BCUT2D eigenvalue weighted by Crippen LogP contribution is -1.93. The molecule has 0 saturated carbocycles. The number of hydrogen-bond acceptors (Lipinski definition) is 1. The zero-order chi connectivity index (χ0) is 14.1. The second-order valence-corrected chi connectivity index (χ2v) is 4.82. The maximum absolute atomic E-state index is 6.17. The third-order valence-electron chi connectivity index (χ3n) is 2.28. The number of allylic oxidation sites excluding steroid dienone is 1. The maximum atomic E-state index is 6.17. The van der Waals surface area contributed by atoms with Gasteiger partial charge in [0.1, 0.15) is 0 Å². The monoisotopic (exact) mass is 265 g/mol. The van der Waals surface area contributed by atoms with E-state index in [2.05, 4.69) is 39.3 Å². The molecule has 1 rings (SSSR count). The first kappa shape index (κ1) is 16.9. The van der Waals surface area contributed by atoms with Gasteiger partial charge in [-0.05, 0) is 30.5 Å². The van der Waals surface area contributed by atoms with Gasteiger partial charge in [0.05, 0.1) is 10.7 Å². The number of halogens is 1. The van der Waals surface area contributed by atoms with Crippen LogP contribution in [0.2, 0.25) is 5.02 Å². The summed E-state index contributed by atoms with van der Waals surface area (Å²) in [6.45, 7) is 14.4. The molecular weight excluding hydrogens is 242 g/mol. The molecule has 0 amide bonds. The van der Waals surface area contributed by atoms with Gasteiger partial charge in [0.15, 0.2) is 0 Å². The third-order valence-corrected chi connectivity index (χ3v) is 2.59. The van der Waals surface area contributed by atoms with Crippen molar-refractivity contribution in [1.82, 2.24) is 0 Å². The predicted octanol–water partition coefficient (Wildman–Crippen LogP) is 6.15. The lowest BCUT2D eigenvalue weighted by atomic mass is 9.95. The van der Waals surface area contributed by atoms with E-state index < -0.39 is 0 Å². The summed E-state index contributed by atoms with van der Waals surface area (Å²) in [5.74, 6) is 0.371. The van der Waals surface area contributed by atoms with Crippen molar-refractivity contribution in [2.75, 3.05) is 0 Å². The topological polar surface area (TPSA) is 12.4 Å². The molecule has 0 aliphatic heterocycles. The van der Waals surface area contributed by atoms with Crippen LogP contribution in [-0.2, 0) is 0 Å². The molecular formula is C16H24ClN. The minimum atomic E-state index is 0.371. The Labute approximate surface area is 117 Å². The van der Waals surface area contributed by atoms with Crippen LogP contribution in [0.4, 0.5) is 5.69 Å². The molecule has 0 N–H and O–H groups in total. The molecule has 0 aromatic heterocycles. The van der Waals surface area contributed by atoms with Crippen molar-refractivity contribution in [3.63, 3.8) is 0 Å². The Morgan fingerprint density at radius 1 is 1.39 bits per heavy atom. The van der Waals surface area contributed by atoms with Gasteiger partial charge in [-0.1, -0.05) is 58.4 Å². The van der Waals surface area contributed by atoms with E-state index in [1.54, 1.807) is 6.21 Å². The molecule has 0 fully saturated rings. The third kappa shape index (κ3) is 5.05. The number of hydrogen-bond donors (Lipinski definition) is 0. The molecule has 18 heavy (non-hydrogen) atoms. The van der Waals surface area contributed by atoms with Crippen molar-refractivity contribution in [2.24, 2.45) is 10.9 Å². The highest BCUT2D eigenvalue weighted by atomic mass is 35.5. The Morgan fingerprint density at radius 3 is 2.39 bits per heavy atom. The van der Waals surface area contributed by atoms with Crippen LogP contribution in [0.3, 0.4) is 0 Å². The Kier molecular flexibility index (Phi) is 8.40. The van der Waals surface area contributed by atoms with E-state index in [1.165, 1.54) is 6.42 Å². The Balaban J connectivity index is 0.000000873. The summed E-state index contributed by atoms with van der Waals surface area (Å²) in [6.07, 6.45) is 3.02. The van der Waals surface area contributed by atoms with Crippen molar-refractivity contribution < 1.29 is 0 Å². The summed E-state index contributed by atoms with van der Waals surface area (Å²) in [5, 5.41) is 0.719. The van der Waals surface area contributed by atoms with Gasteiger partial charge in [-0.2, -0.15) is 0 Å². The van der Waals surface area contributed by atoms with E-state index in [0.717, 1.165) is 21.8 Å². The normalized spacial score (nSPS) is 10.4. The largest absolute Gasteiger partial charge is 0.261 e. The molecule has 1 nitrogen and oxygen atoms in total. The van der Waals surface area contributed by atoms with Crippen molar-refractivity contribution in [2.45, 2.75) is 41.0 Å². The van der Waals surface area contributed by atoms with Gasteiger partial charge in [-0.25, -0.2) is 0 Å². The predicted molar refractivity (Wildman–Crippen MR) is 85.1 cm³/mol. The summed E-state index contributed by atoms with van der Waals surface area (Å²) in [7, 11) is 0. The fraction of sp³-hybridized carbons (Fsp3) is 0.438. The Morgan fingerprint density at radius 2 is 1.94 bits per heavy atom. The summed E-state index contributed by atoms with van der Waals surface area (Å²) in [6, 6.07) is 5.73. The number of rotatable bonds is 3. The lowest BCUT2D eigenvalue weighted by Gasteiger charge is -2.13. The first-order chi connectivity index (χ1) is 8.49. The Hall–Kier alpha value is -1.08. The standard InChI is InChI=1S/C13H16ClN.C3H8/c1-5-15-12-8-6-7-11(14)13(12)10(4)9(2)3;1-3-2/h5-9H,4H2,1-3H3;3H2,1-2H3. The SMILES string of the molecule is C=C(c1c(Cl)cccc1N=CC)C(C)C.CCC. The van der Waals surface area contributed by atoms with Gasteiger partial charge in [0.2, 0.25) is 0 Å². The highest BCUT2D eigenvalue weighted by Gasteiger charge is 2.12. The zero-order valence-corrected chi connectivity index (χ0v) is 12.9. The molecule has 0 aliphatic carbocycles. The van der Waals surface area contributed by atoms with Crippen LogP contribution in [0, 0.1) is 5.92 Å². The second-order valence-electron chi connectivity index (χ2n) is 4.41. The number of nitrogens with zero attached hydrogens (tertiary/aromatic N) is 1. The molecule has 1 aromatic rings. The van der Waals surface area contributed by atoms with E-state index in [-0.39, 0.29) is 0 Å². The van der Waals surface area contributed by atoms with E-state index in [4.69, 9.17) is 11.6 Å². The molecule has 0 saturated heterocycles. The molecule has 0 radical (unpaired) electrons. The molecule has 0 aliphatic rings. The van der Waals surface area contributed by atoms with Crippen LogP contribution in [0.25, 0.3) is 5.57 Å². The molecule has 2 heteroatoms. The first-order valence-electron chi connectivity index (χ1n) is 6.45. The van der Waals surface area contributed by atoms with Crippen LogP contribution in [0.5, 0.6) is 0 Å². The molecule has 0 heterocycles. The average Bonchev–Trinajstić information content (AvgIpc) is 2.30. The van der Waals surface area contributed by atoms with Gasteiger partial charge in [-0.15, -0.1) is 0 Å². The zero-order valence-electron chi connectivity index (χ0n) is 12.1. The maximum Gasteiger partial charge on any atom is 0.0715 e. The van der Waals surface area contributed by atoms with Crippen LogP contribution < -0.4 is 0 Å². The number of aliphatic imine (C=N–C) groups is 1. The minimum absolute atomic E-state index is 0.371. The van der Waals surface area contributed by atoms with E-state index in [9.17, 15) is 0 Å². The van der Waals surface area contributed by atoms with Gasteiger partial charge in [0, 0.05) is 11.8 Å². The van der Waals surface area contributed by atoms with E-state index in [1.807, 2.05) is 25.1 Å². The fourth-order valence-corrected chi connectivity index (χ4v) is 1.66. The lowest BCUT2D eigenvalue weighted by molar-refractivity contribution is 0.858. The van der Waals surface area contributed by atoms with Crippen LogP contribution in [-0.4, -0.2) is 6.21 Å². The molecule has 100 valence electrons. The van der Waals surface area contributed by atoms with Crippen LogP contribution >= 0.6 is 11.6 Å². The summed E-state index contributed by atoms with van der Waals surface area (Å²) >= 11 is 6.17. The molecule has 0 spiro atoms. The number of benzene rings is 1. The van der Waals surface area contributed by atoms with Crippen LogP contribution in [0.1, 0.15) is 46.6 Å². The Bertz CT molecular complexity index is 406.